The van der Waals surface area contributed by atoms with Crippen molar-refractivity contribution in [3.63, 3.8) is 0 Å². The summed E-state index contributed by atoms with van der Waals surface area (Å²) in [5, 5.41) is 2.21. The van der Waals surface area contributed by atoms with Gasteiger partial charge in [0.15, 0.2) is 0 Å². The number of halogens is 3. The van der Waals surface area contributed by atoms with Crippen LogP contribution in [0.4, 0.5) is 18.9 Å². The van der Waals surface area contributed by atoms with E-state index < -0.39 is 24.3 Å². The van der Waals surface area contributed by atoms with E-state index in [1.807, 2.05) is 0 Å². The zero-order chi connectivity index (χ0) is 12.2. The van der Waals surface area contributed by atoms with E-state index in [4.69, 9.17) is 0 Å². The Morgan fingerprint density at radius 2 is 2.12 bits per heavy atom. The summed E-state index contributed by atoms with van der Waals surface area (Å²) in [5.74, 6) is 4.02. The maximum atomic E-state index is 12.3. The molecule has 1 aromatic carbocycles. The molecule has 7 heteroatoms. The topological polar surface area (TPSA) is 64.3 Å². The van der Waals surface area contributed by atoms with Gasteiger partial charge in [0.25, 0.3) is 5.91 Å². The van der Waals surface area contributed by atoms with Gasteiger partial charge in [-0.25, -0.2) is 5.90 Å². The molecule has 88 valence electrons. The molecule has 0 atom stereocenters. The van der Waals surface area contributed by atoms with Crippen LogP contribution in [-0.2, 0) is 15.8 Å². The Balaban J connectivity index is 2.79. The van der Waals surface area contributed by atoms with Gasteiger partial charge in [0.2, 0.25) is 0 Å². The molecule has 16 heavy (non-hydrogen) atoms. The number of nitrogens with one attached hydrogen (secondary N) is 1. The molecule has 0 spiro atoms. The van der Waals surface area contributed by atoms with Crippen molar-refractivity contribution in [2.75, 3.05) is 11.9 Å². The number of benzene rings is 1. The number of amides is 1. The Morgan fingerprint density at radius 1 is 1.44 bits per heavy atom. The molecule has 0 saturated carbocycles. The second kappa shape index (κ2) is 4.95. The molecule has 1 aromatic rings. The smallest absolute Gasteiger partial charge is 0.324 e. The van der Waals surface area contributed by atoms with Crippen molar-refractivity contribution >= 4 is 11.6 Å². The minimum Gasteiger partial charge on any atom is -0.324 e. The van der Waals surface area contributed by atoms with Crippen LogP contribution in [0, 0.1) is 0 Å². The van der Waals surface area contributed by atoms with E-state index in [9.17, 15) is 18.0 Å². The van der Waals surface area contributed by atoms with Gasteiger partial charge in [0, 0.05) is 5.69 Å². The molecule has 0 fully saturated rings. The highest BCUT2D eigenvalue weighted by Gasteiger charge is 2.30. The van der Waals surface area contributed by atoms with E-state index in [1.54, 1.807) is 0 Å². The van der Waals surface area contributed by atoms with Gasteiger partial charge < -0.3 is 5.32 Å². The number of hydrogen-bond acceptors (Lipinski definition) is 3. The molecule has 3 N–H and O–H groups in total. The molecule has 1 amide bonds. The van der Waals surface area contributed by atoms with Crippen molar-refractivity contribution < 1.29 is 22.8 Å². The zero-order valence-corrected chi connectivity index (χ0v) is 8.04. The van der Waals surface area contributed by atoms with Crippen LogP contribution >= 0.6 is 0 Å². The monoisotopic (exact) mass is 234 g/mol. The maximum absolute atomic E-state index is 12.3. The van der Waals surface area contributed by atoms with Crippen LogP contribution in [0.1, 0.15) is 5.56 Å². The highest BCUT2D eigenvalue weighted by molar-refractivity contribution is 5.91. The van der Waals surface area contributed by atoms with Crippen LogP contribution in [0.5, 0.6) is 0 Å². The molecule has 0 radical (unpaired) electrons. The lowest BCUT2D eigenvalue weighted by atomic mass is 10.2. The Hall–Kier alpha value is -1.60. The molecular weight excluding hydrogens is 225 g/mol. The van der Waals surface area contributed by atoms with Crippen molar-refractivity contribution in [3.05, 3.63) is 29.8 Å². The average molecular weight is 234 g/mol. The fourth-order valence-corrected chi connectivity index (χ4v) is 1.05. The Labute approximate surface area is 89.1 Å². The van der Waals surface area contributed by atoms with Crippen molar-refractivity contribution in [1.29, 1.82) is 0 Å². The quantitative estimate of drug-likeness (QED) is 0.779. The largest absolute Gasteiger partial charge is 0.416 e. The molecule has 0 aliphatic carbocycles. The normalized spacial score (nSPS) is 11.2. The zero-order valence-electron chi connectivity index (χ0n) is 8.04. The molecule has 0 bridgehead atoms. The fourth-order valence-electron chi connectivity index (χ4n) is 1.05. The summed E-state index contributed by atoms with van der Waals surface area (Å²) >= 11 is 0. The van der Waals surface area contributed by atoms with Gasteiger partial charge in [-0.3, -0.25) is 9.63 Å². The van der Waals surface area contributed by atoms with Gasteiger partial charge in [-0.05, 0) is 18.2 Å². The number of rotatable bonds is 3. The number of hydrogen-bond donors (Lipinski definition) is 2. The van der Waals surface area contributed by atoms with Gasteiger partial charge in [-0.15, -0.1) is 0 Å². The van der Waals surface area contributed by atoms with Crippen LogP contribution in [0.15, 0.2) is 24.3 Å². The summed E-state index contributed by atoms with van der Waals surface area (Å²) in [6, 6.07) is 4.27. The predicted octanol–water partition coefficient (Wildman–Crippen LogP) is 1.53. The van der Waals surface area contributed by atoms with E-state index >= 15 is 0 Å². The molecule has 0 saturated heterocycles. The second-order valence-corrected chi connectivity index (χ2v) is 2.94. The number of alkyl halides is 3. The minimum atomic E-state index is -4.44. The summed E-state index contributed by atoms with van der Waals surface area (Å²) in [7, 11) is 0. The predicted molar refractivity (Wildman–Crippen MR) is 50.2 cm³/mol. The number of carbonyl (C=O) groups excluding carboxylic acids is 1. The Bertz CT molecular complexity index is 379. The van der Waals surface area contributed by atoms with Crippen molar-refractivity contribution in [3.8, 4) is 0 Å². The molecular formula is C9H9F3N2O2. The van der Waals surface area contributed by atoms with Crippen molar-refractivity contribution in [1.82, 2.24) is 0 Å². The van der Waals surface area contributed by atoms with Gasteiger partial charge in [0.1, 0.15) is 6.61 Å². The van der Waals surface area contributed by atoms with Gasteiger partial charge in [-0.2, -0.15) is 13.2 Å². The SMILES string of the molecule is NOCC(=O)Nc1cccc(C(F)(F)F)c1. The van der Waals surface area contributed by atoms with E-state index in [2.05, 4.69) is 16.1 Å². The van der Waals surface area contributed by atoms with Crippen LogP contribution in [0.2, 0.25) is 0 Å². The molecule has 0 heterocycles. The second-order valence-electron chi connectivity index (χ2n) is 2.94. The third-order valence-electron chi connectivity index (χ3n) is 1.69. The first-order valence-corrected chi connectivity index (χ1v) is 4.22. The number of nitrogens with two attached hydrogens (primary N) is 1. The lowest BCUT2D eigenvalue weighted by molar-refractivity contribution is -0.137. The first-order chi connectivity index (χ1) is 7.43. The molecule has 0 aliphatic heterocycles. The summed E-state index contributed by atoms with van der Waals surface area (Å²) in [6.45, 7) is -0.420. The van der Waals surface area contributed by atoms with E-state index in [-0.39, 0.29) is 5.69 Å². The fraction of sp³-hybridized carbons (Fsp3) is 0.222. The highest BCUT2D eigenvalue weighted by Crippen LogP contribution is 2.30. The average Bonchev–Trinajstić information content (AvgIpc) is 2.17. The van der Waals surface area contributed by atoms with Crippen LogP contribution in [-0.4, -0.2) is 12.5 Å². The standard InChI is InChI=1S/C9H9F3N2O2/c10-9(11,12)6-2-1-3-7(4-6)14-8(15)5-16-13/h1-4H,5,13H2,(H,14,15). The van der Waals surface area contributed by atoms with Gasteiger partial charge >= 0.3 is 6.18 Å². The third-order valence-corrected chi connectivity index (χ3v) is 1.69. The van der Waals surface area contributed by atoms with E-state index in [0.717, 1.165) is 12.1 Å². The lowest BCUT2D eigenvalue weighted by Crippen LogP contribution is -2.20. The molecule has 4 nitrogen and oxygen atoms in total. The van der Waals surface area contributed by atoms with E-state index in [0.29, 0.717) is 0 Å². The summed E-state index contributed by atoms with van der Waals surface area (Å²) in [5.41, 5.74) is -0.796. The molecule has 0 aromatic heterocycles. The molecule has 0 unspecified atom stereocenters. The van der Waals surface area contributed by atoms with Crippen molar-refractivity contribution in [2.45, 2.75) is 6.18 Å². The van der Waals surface area contributed by atoms with E-state index in [1.165, 1.54) is 12.1 Å². The lowest BCUT2D eigenvalue weighted by Gasteiger charge is -2.09. The summed E-state index contributed by atoms with van der Waals surface area (Å²) < 4.78 is 36.9. The maximum Gasteiger partial charge on any atom is 0.416 e. The Kier molecular flexibility index (Phi) is 3.86. The van der Waals surface area contributed by atoms with Crippen LogP contribution in [0.3, 0.4) is 0 Å². The van der Waals surface area contributed by atoms with Gasteiger partial charge in [0.05, 0.1) is 5.56 Å². The highest BCUT2D eigenvalue weighted by atomic mass is 19.4. The van der Waals surface area contributed by atoms with Crippen LogP contribution < -0.4 is 11.2 Å². The van der Waals surface area contributed by atoms with Crippen LogP contribution in [0.25, 0.3) is 0 Å². The number of anilines is 1. The third kappa shape index (κ3) is 3.52. The Morgan fingerprint density at radius 3 is 2.69 bits per heavy atom. The molecule has 0 aliphatic rings. The number of carbonyl (C=O) groups is 1. The summed E-state index contributed by atoms with van der Waals surface area (Å²) in [6.07, 6.45) is -4.44. The first-order valence-electron chi connectivity index (χ1n) is 4.22. The van der Waals surface area contributed by atoms with Gasteiger partial charge in [-0.1, -0.05) is 6.07 Å². The van der Waals surface area contributed by atoms with Crippen molar-refractivity contribution in [2.24, 2.45) is 5.90 Å². The first kappa shape index (κ1) is 12.5. The molecule has 1 rings (SSSR count). The summed E-state index contributed by atoms with van der Waals surface area (Å²) in [4.78, 5) is 15.0. The minimum absolute atomic E-state index is 0.0388.